The number of benzene rings is 1. The predicted molar refractivity (Wildman–Crippen MR) is 71.7 cm³/mol. The number of imidazole rings is 1. The lowest BCUT2D eigenvalue weighted by molar-refractivity contribution is -0.116. The van der Waals surface area contributed by atoms with E-state index in [1.807, 2.05) is 26.8 Å². The zero-order chi connectivity index (χ0) is 13.3. The van der Waals surface area contributed by atoms with Crippen molar-refractivity contribution in [1.29, 1.82) is 0 Å². The summed E-state index contributed by atoms with van der Waals surface area (Å²) in [5.41, 5.74) is 2.87. The van der Waals surface area contributed by atoms with Crippen molar-refractivity contribution in [2.45, 2.75) is 27.2 Å². The van der Waals surface area contributed by atoms with Crippen molar-refractivity contribution in [2.75, 3.05) is 5.32 Å². The molecule has 5 heteroatoms. The number of anilines is 1. The van der Waals surface area contributed by atoms with E-state index >= 15 is 0 Å². The standard InChI is InChI=1S/C13H17N3O2/c1-7(2)4-12(17)14-9-6-11-10(5-8(9)3)15-13(18)16-11/h5-7H,4H2,1-3H3,(H,14,17)(H2,15,16,18). The van der Waals surface area contributed by atoms with E-state index in [1.54, 1.807) is 6.07 Å². The molecule has 5 nitrogen and oxygen atoms in total. The number of aryl methyl sites for hydroxylation is 1. The first-order valence-electron chi connectivity index (χ1n) is 5.98. The van der Waals surface area contributed by atoms with Crippen LogP contribution < -0.4 is 11.0 Å². The van der Waals surface area contributed by atoms with Crippen LogP contribution in [0.2, 0.25) is 0 Å². The molecular formula is C13H17N3O2. The topological polar surface area (TPSA) is 77.8 Å². The highest BCUT2D eigenvalue weighted by atomic mass is 16.1. The maximum atomic E-state index is 11.7. The first-order chi connectivity index (χ1) is 8.45. The van der Waals surface area contributed by atoms with Crippen LogP contribution in [0.4, 0.5) is 5.69 Å². The van der Waals surface area contributed by atoms with Crippen molar-refractivity contribution in [1.82, 2.24) is 9.97 Å². The molecule has 0 fully saturated rings. The van der Waals surface area contributed by atoms with Crippen molar-refractivity contribution < 1.29 is 4.79 Å². The molecule has 0 saturated heterocycles. The molecule has 0 spiro atoms. The van der Waals surface area contributed by atoms with Crippen LogP contribution in [0, 0.1) is 12.8 Å². The van der Waals surface area contributed by atoms with E-state index in [0.29, 0.717) is 17.9 Å². The maximum absolute atomic E-state index is 11.7. The normalized spacial score (nSPS) is 11.1. The molecule has 2 rings (SSSR count). The van der Waals surface area contributed by atoms with Gasteiger partial charge in [0.2, 0.25) is 5.91 Å². The van der Waals surface area contributed by atoms with Gasteiger partial charge in [0.1, 0.15) is 0 Å². The highest BCUT2D eigenvalue weighted by Crippen LogP contribution is 2.20. The summed E-state index contributed by atoms with van der Waals surface area (Å²) in [6.07, 6.45) is 0.487. The molecular weight excluding hydrogens is 230 g/mol. The van der Waals surface area contributed by atoms with Crippen LogP contribution in [0.3, 0.4) is 0 Å². The molecule has 3 N–H and O–H groups in total. The molecule has 0 atom stereocenters. The molecule has 0 unspecified atom stereocenters. The first kappa shape index (κ1) is 12.4. The summed E-state index contributed by atoms with van der Waals surface area (Å²) in [5.74, 6) is 0.312. The number of aromatic amines is 2. The van der Waals surface area contributed by atoms with Crippen molar-refractivity contribution in [3.05, 3.63) is 28.2 Å². The van der Waals surface area contributed by atoms with E-state index in [-0.39, 0.29) is 11.6 Å². The summed E-state index contributed by atoms with van der Waals surface area (Å²) in [6, 6.07) is 3.62. The van der Waals surface area contributed by atoms with Crippen LogP contribution in [0.15, 0.2) is 16.9 Å². The number of hydrogen-bond acceptors (Lipinski definition) is 2. The third-order valence-electron chi connectivity index (χ3n) is 2.73. The number of rotatable bonds is 3. The Bertz CT molecular complexity index is 637. The minimum atomic E-state index is -0.241. The van der Waals surface area contributed by atoms with Crippen LogP contribution in [-0.2, 0) is 4.79 Å². The summed E-state index contributed by atoms with van der Waals surface area (Å²) in [4.78, 5) is 28.3. The Balaban J connectivity index is 2.30. The predicted octanol–water partition coefficient (Wildman–Crippen LogP) is 2.15. The molecule has 0 aliphatic rings. The molecule has 18 heavy (non-hydrogen) atoms. The number of carbonyl (C=O) groups is 1. The molecule has 1 aromatic carbocycles. The molecule has 0 aliphatic heterocycles. The minimum absolute atomic E-state index is 0.00895. The van der Waals surface area contributed by atoms with Crippen LogP contribution in [0.25, 0.3) is 11.0 Å². The lowest BCUT2D eigenvalue weighted by Gasteiger charge is -2.09. The maximum Gasteiger partial charge on any atom is 0.323 e. The number of amides is 1. The van der Waals surface area contributed by atoms with Gasteiger partial charge < -0.3 is 15.3 Å². The van der Waals surface area contributed by atoms with Crippen LogP contribution in [0.5, 0.6) is 0 Å². The average Bonchev–Trinajstić information content (AvgIpc) is 2.56. The number of aromatic nitrogens is 2. The largest absolute Gasteiger partial charge is 0.326 e. The fourth-order valence-corrected chi connectivity index (χ4v) is 1.90. The number of carbonyl (C=O) groups excluding carboxylic acids is 1. The Morgan fingerprint density at radius 3 is 2.50 bits per heavy atom. The Hall–Kier alpha value is -2.04. The fourth-order valence-electron chi connectivity index (χ4n) is 1.90. The van der Waals surface area contributed by atoms with Gasteiger partial charge >= 0.3 is 5.69 Å². The van der Waals surface area contributed by atoms with Gasteiger partial charge in [-0.15, -0.1) is 0 Å². The van der Waals surface area contributed by atoms with E-state index in [0.717, 1.165) is 16.8 Å². The van der Waals surface area contributed by atoms with Gasteiger partial charge in [-0.3, -0.25) is 4.79 Å². The number of fused-ring (bicyclic) bond motifs is 1. The monoisotopic (exact) mass is 247 g/mol. The summed E-state index contributed by atoms with van der Waals surface area (Å²) in [7, 11) is 0. The Kier molecular flexibility index (Phi) is 3.23. The van der Waals surface area contributed by atoms with Crippen molar-refractivity contribution in [3.63, 3.8) is 0 Å². The van der Waals surface area contributed by atoms with Gasteiger partial charge in [0.05, 0.1) is 11.0 Å². The van der Waals surface area contributed by atoms with E-state index in [9.17, 15) is 9.59 Å². The van der Waals surface area contributed by atoms with Gasteiger partial charge in [-0.1, -0.05) is 13.8 Å². The van der Waals surface area contributed by atoms with Crippen molar-refractivity contribution in [2.24, 2.45) is 5.92 Å². The molecule has 0 saturated carbocycles. The van der Waals surface area contributed by atoms with Gasteiger partial charge in [-0.05, 0) is 30.5 Å². The van der Waals surface area contributed by atoms with Crippen LogP contribution in [0.1, 0.15) is 25.8 Å². The number of H-pyrrole nitrogens is 2. The Morgan fingerprint density at radius 1 is 1.28 bits per heavy atom. The number of hydrogen-bond donors (Lipinski definition) is 3. The summed E-state index contributed by atoms with van der Waals surface area (Å²) < 4.78 is 0. The van der Waals surface area contributed by atoms with E-state index in [1.165, 1.54) is 0 Å². The second-order valence-electron chi connectivity index (χ2n) is 4.94. The zero-order valence-corrected chi connectivity index (χ0v) is 10.8. The Morgan fingerprint density at radius 2 is 1.89 bits per heavy atom. The molecule has 96 valence electrons. The van der Waals surface area contributed by atoms with Crippen molar-refractivity contribution >= 4 is 22.6 Å². The summed E-state index contributed by atoms with van der Waals surface area (Å²) in [5, 5.41) is 2.87. The minimum Gasteiger partial charge on any atom is -0.326 e. The van der Waals surface area contributed by atoms with E-state index < -0.39 is 0 Å². The average molecular weight is 247 g/mol. The summed E-state index contributed by atoms with van der Waals surface area (Å²) in [6.45, 7) is 5.90. The lowest BCUT2D eigenvalue weighted by Crippen LogP contribution is -2.14. The number of nitrogens with one attached hydrogen (secondary N) is 3. The van der Waals surface area contributed by atoms with Gasteiger partial charge in [-0.2, -0.15) is 0 Å². The van der Waals surface area contributed by atoms with Crippen molar-refractivity contribution in [3.8, 4) is 0 Å². The molecule has 2 aromatic rings. The second-order valence-corrected chi connectivity index (χ2v) is 4.94. The second kappa shape index (κ2) is 4.68. The van der Waals surface area contributed by atoms with Gasteiger partial charge in [0, 0.05) is 12.1 Å². The highest BCUT2D eigenvalue weighted by Gasteiger charge is 2.09. The summed E-state index contributed by atoms with van der Waals surface area (Å²) >= 11 is 0. The highest BCUT2D eigenvalue weighted by molar-refractivity contribution is 5.94. The van der Waals surface area contributed by atoms with Gasteiger partial charge in [0.25, 0.3) is 0 Å². The first-order valence-corrected chi connectivity index (χ1v) is 5.98. The molecule has 0 radical (unpaired) electrons. The quantitative estimate of drug-likeness (QED) is 0.777. The molecule has 0 aliphatic carbocycles. The van der Waals surface area contributed by atoms with E-state index in [4.69, 9.17) is 0 Å². The molecule has 0 bridgehead atoms. The smallest absolute Gasteiger partial charge is 0.323 e. The Labute approximate surface area is 105 Å². The molecule has 1 amide bonds. The third-order valence-corrected chi connectivity index (χ3v) is 2.73. The van der Waals surface area contributed by atoms with Gasteiger partial charge in [0.15, 0.2) is 0 Å². The SMILES string of the molecule is Cc1cc2[nH]c(=O)[nH]c2cc1NC(=O)CC(C)C. The van der Waals surface area contributed by atoms with Crippen LogP contribution >= 0.6 is 0 Å². The zero-order valence-electron chi connectivity index (χ0n) is 10.8. The molecule has 1 aromatic heterocycles. The van der Waals surface area contributed by atoms with Gasteiger partial charge in [-0.25, -0.2) is 4.79 Å². The molecule has 1 heterocycles. The van der Waals surface area contributed by atoms with E-state index in [2.05, 4.69) is 15.3 Å². The third kappa shape index (κ3) is 2.61. The van der Waals surface area contributed by atoms with Crippen LogP contribution in [-0.4, -0.2) is 15.9 Å². The lowest BCUT2D eigenvalue weighted by atomic mass is 10.1. The fraction of sp³-hybridized carbons (Fsp3) is 0.385.